The number of carbonyl (C=O) groups excluding carboxylic acids is 1. The Morgan fingerprint density at radius 1 is 0.925 bits per heavy atom. The summed E-state index contributed by atoms with van der Waals surface area (Å²) in [6.45, 7) is 1.48. The number of nitro groups is 1. The number of alkyl halides is 3. The highest BCUT2D eigenvalue weighted by Crippen LogP contribution is 2.35. The maximum atomic E-state index is 12.8. The van der Waals surface area contributed by atoms with Crippen LogP contribution in [0.15, 0.2) is 85.1 Å². The van der Waals surface area contributed by atoms with E-state index in [9.17, 15) is 28.1 Å². The van der Waals surface area contributed by atoms with Gasteiger partial charge < -0.3 is 18.9 Å². The van der Waals surface area contributed by atoms with Crippen molar-refractivity contribution >= 4 is 23.3 Å². The second-order valence-corrected chi connectivity index (χ2v) is 8.47. The van der Waals surface area contributed by atoms with Crippen LogP contribution in [-0.4, -0.2) is 22.0 Å². The fraction of sp³-hybridized carbons (Fsp3) is 0.111. The molecule has 3 aromatic carbocycles. The Labute approximate surface area is 229 Å². The second kappa shape index (κ2) is 11.9. The normalized spacial score (nSPS) is 11.8. The van der Waals surface area contributed by atoms with E-state index in [1.165, 1.54) is 73.7 Å². The number of esters is 1. The zero-order valence-electron chi connectivity index (χ0n) is 20.4. The molecule has 40 heavy (non-hydrogen) atoms. The van der Waals surface area contributed by atoms with Crippen LogP contribution in [0.5, 0.6) is 34.6 Å². The Morgan fingerprint density at radius 2 is 1.50 bits per heavy atom. The van der Waals surface area contributed by atoms with Gasteiger partial charge in [-0.05, 0) is 67.6 Å². The number of nitrogens with zero attached hydrogens (tertiary/aromatic N) is 2. The first-order valence-corrected chi connectivity index (χ1v) is 11.8. The third-order valence-corrected chi connectivity index (χ3v) is 5.42. The molecule has 4 aromatic rings. The highest BCUT2D eigenvalue weighted by molar-refractivity contribution is 6.31. The van der Waals surface area contributed by atoms with E-state index in [1.54, 1.807) is 6.07 Å². The quantitative estimate of drug-likeness (QED) is 0.0869. The molecule has 0 fully saturated rings. The Balaban J connectivity index is 1.31. The van der Waals surface area contributed by atoms with Gasteiger partial charge in [-0.2, -0.15) is 13.2 Å². The van der Waals surface area contributed by atoms with Crippen LogP contribution in [0.2, 0.25) is 5.02 Å². The lowest BCUT2D eigenvalue weighted by Gasteiger charge is -2.15. The van der Waals surface area contributed by atoms with E-state index in [0.717, 1.165) is 0 Å². The van der Waals surface area contributed by atoms with E-state index in [4.69, 9.17) is 30.5 Å². The standard InChI is InChI=1S/C27H18ClF3N2O7/c1-16(26(34)40-21-12-8-19(9-13-21)38-24-5-3-2-4-23(24)33(35)36)37-18-6-10-20(11-7-18)39-25-22(28)14-17(15-32-25)27(29,30)31/h2-16H,1H3. The minimum atomic E-state index is -4.59. The van der Waals surface area contributed by atoms with Crippen molar-refractivity contribution in [1.29, 1.82) is 0 Å². The first kappa shape index (κ1) is 28.2. The van der Waals surface area contributed by atoms with Gasteiger partial charge >= 0.3 is 17.8 Å². The molecule has 9 nitrogen and oxygen atoms in total. The molecule has 1 unspecified atom stereocenters. The Kier molecular flexibility index (Phi) is 8.39. The predicted octanol–water partition coefficient (Wildman–Crippen LogP) is 7.62. The van der Waals surface area contributed by atoms with Crippen molar-refractivity contribution in [3.63, 3.8) is 0 Å². The molecule has 0 aliphatic carbocycles. The fourth-order valence-corrected chi connectivity index (χ4v) is 3.41. The van der Waals surface area contributed by atoms with Crippen molar-refractivity contribution in [3.8, 4) is 34.6 Å². The van der Waals surface area contributed by atoms with E-state index in [-0.39, 0.29) is 39.6 Å². The third kappa shape index (κ3) is 7.17. The number of aromatic nitrogens is 1. The molecule has 1 heterocycles. The SMILES string of the molecule is CC(Oc1ccc(Oc2ncc(C(F)(F)F)cc2Cl)cc1)C(=O)Oc1ccc(Oc2ccccc2[N+](=O)[O-])cc1. The van der Waals surface area contributed by atoms with Gasteiger partial charge in [0.1, 0.15) is 28.0 Å². The van der Waals surface area contributed by atoms with Crippen LogP contribution in [0, 0.1) is 10.1 Å². The van der Waals surface area contributed by atoms with Crippen LogP contribution in [0.3, 0.4) is 0 Å². The minimum absolute atomic E-state index is 0.0643. The van der Waals surface area contributed by atoms with Crippen molar-refractivity contribution in [3.05, 3.63) is 106 Å². The third-order valence-electron chi connectivity index (χ3n) is 5.15. The number of benzene rings is 3. The Morgan fingerprint density at radius 3 is 2.10 bits per heavy atom. The number of carbonyl (C=O) groups is 1. The van der Waals surface area contributed by atoms with Crippen LogP contribution >= 0.6 is 11.6 Å². The Hall–Kier alpha value is -4.84. The summed E-state index contributed by atoms with van der Waals surface area (Å²) in [5.41, 5.74) is -1.19. The fourth-order valence-electron chi connectivity index (χ4n) is 3.20. The van der Waals surface area contributed by atoms with Crippen molar-refractivity contribution in [2.75, 3.05) is 0 Å². The highest BCUT2D eigenvalue weighted by atomic mass is 35.5. The maximum Gasteiger partial charge on any atom is 0.417 e. The smallest absolute Gasteiger partial charge is 0.417 e. The number of para-hydroxylation sites is 2. The molecular formula is C27H18ClF3N2O7. The van der Waals surface area contributed by atoms with Gasteiger partial charge in [-0.3, -0.25) is 10.1 Å². The lowest BCUT2D eigenvalue weighted by atomic mass is 10.3. The van der Waals surface area contributed by atoms with Gasteiger partial charge in [-0.15, -0.1) is 0 Å². The number of rotatable bonds is 9. The zero-order valence-corrected chi connectivity index (χ0v) is 21.2. The molecule has 0 bridgehead atoms. The molecule has 0 aliphatic rings. The van der Waals surface area contributed by atoms with Crippen LogP contribution < -0.4 is 18.9 Å². The number of nitro benzene ring substituents is 1. The monoisotopic (exact) mass is 574 g/mol. The van der Waals surface area contributed by atoms with Crippen LogP contribution in [0.4, 0.5) is 18.9 Å². The summed E-state index contributed by atoms with van der Waals surface area (Å²) >= 11 is 5.85. The molecule has 206 valence electrons. The van der Waals surface area contributed by atoms with Crippen LogP contribution in [-0.2, 0) is 11.0 Å². The first-order valence-electron chi connectivity index (χ1n) is 11.4. The molecular weight excluding hydrogens is 557 g/mol. The average molecular weight is 575 g/mol. The summed E-state index contributed by atoms with van der Waals surface area (Å²) in [5, 5.41) is 10.8. The van der Waals surface area contributed by atoms with Crippen molar-refractivity contribution in [2.24, 2.45) is 0 Å². The molecule has 1 aromatic heterocycles. The van der Waals surface area contributed by atoms with Crippen molar-refractivity contribution < 1.29 is 41.8 Å². The van der Waals surface area contributed by atoms with Crippen LogP contribution in [0.25, 0.3) is 0 Å². The summed E-state index contributed by atoms with van der Waals surface area (Å²) in [5.74, 6) is 0.159. The summed E-state index contributed by atoms with van der Waals surface area (Å²) < 4.78 is 60.2. The number of halogens is 4. The zero-order chi connectivity index (χ0) is 28.9. The summed E-state index contributed by atoms with van der Waals surface area (Å²) in [6.07, 6.45) is -4.99. The summed E-state index contributed by atoms with van der Waals surface area (Å²) in [4.78, 5) is 26.7. The molecule has 1 atom stereocenters. The number of hydrogen-bond acceptors (Lipinski definition) is 8. The molecule has 0 saturated heterocycles. The van der Waals surface area contributed by atoms with Crippen molar-refractivity contribution in [1.82, 2.24) is 4.98 Å². The van der Waals surface area contributed by atoms with E-state index >= 15 is 0 Å². The molecule has 0 spiro atoms. The summed E-state index contributed by atoms with van der Waals surface area (Å²) in [6, 6.07) is 18.4. The van der Waals surface area contributed by atoms with E-state index in [1.807, 2.05) is 0 Å². The number of hydrogen-bond donors (Lipinski definition) is 0. The Bertz CT molecular complexity index is 1510. The van der Waals surface area contributed by atoms with Gasteiger partial charge in [-0.1, -0.05) is 23.7 Å². The van der Waals surface area contributed by atoms with Gasteiger partial charge in [0.25, 0.3) is 0 Å². The lowest BCUT2D eigenvalue weighted by molar-refractivity contribution is -0.385. The second-order valence-electron chi connectivity index (χ2n) is 8.06. The predicted molar refractivity (Wildman–Crippen MR) is 136 cm³/mol. The van der Waals surface area contributed by atoms with Gasteiger partial charge in [0.15, 0.2) is 6.10 Å². The minimum Gasteiger partial charge on any atom is -0.479 e. The van der Waals surface area contributed by atoms with Gasteiger partial charge in [-0.25, -0.2) is 9.78 Å². The molecule has 0 radical (unpaired) electrons. The number of ether oxygens (including phenoxy) is 4. The van der Waals surface area contributed by atoms with E-state index in [2.05, 4.69) is 4.98 Å². The molecule has 13 heteroatoms. The average Bonchev–Trinajstić information content (AvgIpc) is 2.91. The van der Waals surface area contributed by atoms with Gasteiger partial charge in [0.2, 0.25) is 11.6 Å². The first-order chi connectivity index (χ1) is 19.0. The lowest BCUT2D eigenvalue weighted by Crippen LogP contribution is -2.28. The molecule has 0 saturated carbocycles. The number of pyridine rings is 1. The van der Waals surface area contributed by atoms with Gasteiger partial charge in [0.05, 0.1) is 10.5 Å². The van der Waals surface area contributed by atoms with Crippen molar-refractivity contribution in [2.45, 2.75) is 19.2 Å². The molecule has 4 rings (SSSR count). The van der Waals surface area contributed by atoms with Crippen LogP contribution in [0.1, 0.15) is 12.5 Å². The topological polar surface area (TPSA) is 110 Å². The van der Waals surface area contributed by atoms with E-state index in [0.29, 0.717) is 18.0 Å². The highest BCUT2D eigenvalue weighted by Gasteiger charge is 2.32. The summed E-state index contributed by atoms with van der Waals surface area (Å²) in [7, 11) is 0. The molecule has 0 N–H and O–H groups in total. The van der Waals surface area contributed by atoms with E-state index < -0.39 is 28.7 Å². The molecule has 0 aliphatic heterocycles. The van der Waals surface area contributed by atoms with Gasteiger partial charge in [0, 0.05) is 12.3 Å². The molecule has 0 amide bonds. The largest absolute Gasteiger partial charge is 0.479 e. The maximum absolute atomic E-state index is 12.8.